The second-order valence-corrected chi connectivity index (χ2v) is 4.63. The van der Waals surface area contributed by atoms with Crippen LogP contribution in [0.2, 0.25) is 0 Å². The average Bonchev–Trinajstić information content (AvgIpc) is 2.75. The number of nitrogens with zero attached hydrogens (tertiary/aromatic N) is 2. The van der Waals surface area contributed by atoms with Gasteiger partial charge in [-0.15, -0.1) is 11.8 Å². The van der Waals surface area contributed by atoms with Gasteiger partial charge < -0.3 is 4.57 Å². The SMILES string of the molecule is CSc1ccc(C(=O)Cn2ccnc2C)cc1. The second-order valence-electron chi connectivity index (χ2n) is 3.75. The maximum Gasteiger partial charge on any atom is 0.182 e. The molecular weight excluding hydrogens is 232 g/mol. The first-order chi connectivity index (χ1) is 8.20. The number of hydrogen-bond donors (Lipinski definition) is 0. The van der Waals surface area contributed by atoms with Gasteiger partial charge in [-0.25, -0.2) is 4.98 Å². The van der Waals surface area contributed by atoms with E-state index >= 15 is 0 Å². The standard InChI is InChI=1S/C13H14N2OS/c1-10-14-7-8-15(10)9-13(16)11-3-5-12(17-2)6-4-11/h3-8H,9H2,1-2H3. The first-order valence-corrected chi connectivity index (χ1v) is 6.58. The molecule has 0 amide bonds. The number of thioether (sulfide) groups is 1. The molecule has 4 heteroatoms. The Morgan fingerprint density at radius 3 is 2.59 bits per heavy atom. The molecule has 0 saturated carbocycles. The molecule has 3 nitrogen and oxygen atoms in total. The van der Waals surface area contributed by atoms with Crippen LogP contribution in [0.3, 0.4) is 0 Å². The Morgan fingerprint density at radius 2 is 2.06 bits per heavy atom. The third-order valence-electron chi connectivity index (χ3n) is 2.65. The number of aryl methyl sites for hydroxylation is 1. The maximum absolute atomic E-state index is 12.0. The van der Waals surface area contributed by atoms with Crippen LogP contribution in [0.15, 0.2) is 41.6 Å². The van der Waals surface area contributed by atoms with E-state index in [1.807, 2.05) is 48.2 Å². The number of ketones is 1. The number of aromatic nitrogens is 2. The Kier molecular flexibility index (Phi) is 3.64. The minimum Gasteiger partial charge on any atom is -0.327 e. The monoisotopic (exact) mass is 246 g/mol. The molecule has 0 N–H and O–H groups in total. The summed E-state index contributed by atoms with van der Waals surface area (Å²) >= 11 is 1.67. The first kappa shape index (κ1) is 11.9. The predicted octanol–water partition coefficient (Wildman–Crippen LogP) is 2.80. The van der Waals surface area contributed by atoms with Crippen LogP contribution in [0, 0.1) is 6.92 Å². The first-order valence-electron chi connectivity index (χ1n) is 5.35. The van der Waals surface area contributed by atoms with E-state index in [1.165, 1.54) is 4.90 Å². The van der Waals surface area contributed by atoms with Crippen molar-refractivity contribution in [2.75, 3.05) is 6.26 Å². The Hall–Kier alpha value is -1.55. The van der Waals surface area contributed by atoms with Crippen molar-refractivity contribution in [1.29, 1.82) is 0 Å². The average molecular weight is 246 g/mol. The van der Waals surface area contributed by atoms with E-state index in [2.05, 4.69) is 4.98 Å². The largest absolute Gasteiger partial charge is 0.327 e. The van der Waals surface area contributed by atoms with Gasteiger partial charge in [-0.3, -0.25) is 4.79 Å². The molecule has 0 radical (unpaired) electrons. The van der Waals surface area contributed by atoms with Crippen molar-refractivity contribution in [3.8, 4) is 0 Å². The lowest BCUT2D eigenvalue weighted by atomic mass is 10.1. The van der Waals surface area contributed by atoms with Gasteiger partial charge >= 0.3 is 0 Å². The van der Waals surface area contributed by atoms with Crippen LogP contribution in [-0.2, 0) is 6.54 Å². The molecule has 0 saturated heterocycles. The molecule has 0 spiro atoms. The fraction of sp³-hybridized carbons (Fsp3) is 0.231. The van der Waals surface area contributed by atoms with Gasteiger partial charge in [0.05, 0.1) is 6.54 Å². The number of rotatable bonds is 4. The number of carbonyl (C=O) groups excluding carboxylic acids is 1. The highest BCUT2D eigenvalue weighted by atomic mass is 32.2. The number of carbonyl (C=O) groups is 1. The fourth-order valence-electron chi connectivity index (χ4n) is 1.59. The topological polar surface area (TPSA) is 34.9 Å². The number of hydrogen-bond acceptors (Lipinski definition) is 3. The highest BCUT2D eigenvalue weighted by Crippen LogP contribution is 2.15. The summed E-state index contributed by atoms with van der Waals surface area (Å²) in [5.74, 6) is 0.970. The Morgan fingerprint density at radius 1 is 1.35 bits per heavy atom. The van der Waals surface area contributed by atoms with E-state index in [4.69, 9.17) is 0 Å². The quantitative estimate of drug-likeness (QED) is 0.614. The summed E-state index contributed by atoms with van der Waals surface area (Å²) in [6, 6.07) is 7.69. The Labute approximate surface area is 105 Å². The summed E-state index contributed by atoms with van der Waals surface area (Å²) < 4.78 is 1.85. The summed E-state index contributed by atoms with van der Waals surface area (Å²) in [6.45, 7) is 2.24. The molecule has 0 unspecified atom stereocenters. The molecule has 17 heavy (non-hydrogen) atoms. The number of Topliss-reactive ketones (excluding diaryl/α,β-unsaturated/α-hetero) is 1. The molecular formula is C13H14N2OS. The summed E-state index contributed by atoms with van der Waals surface area (Å²) in [6.07, 6.45) is 5.55. The molecule has 88 valence electrons. The van der Waals surface area contributed by atoms with Gasteiger partial charge in [0.15, 0.2) is 5.78 Å². The van der Waals surface area contributed by atoms with Crippen molar-refractivity contribution in [1.82, 2.24) is 9.55 Å². The maximum atomic E-state index is 12.0. The van der Waals surface area contributed by atoms with Crippen molar-refractivity contribution in [3.63, 3.8) is 0 Å². The summed E-state index contributed by atoms with van der Waals surface area (Å²) in [7, 11) is 0. The van der Waals surface area contributed by atoms with Crippen molar-refractivity contribution >= 4 is 17.5 Å². The van der Waals surface area contributed by atoms with E-state index in [9.17, 15) is 4.79 Å². The van der Waals surface area contributed by atoms with Crippen LogP contribution >= 0.6 is 11.8 Å². The zero-order valence-electron chi connectivity index (χ0n) is 9.88. The predicted molar refractivity (Wildman–Crippen MR) is 69.5 cm³/mol. The minimum atomic E-state index is 0.110. The zero-order valence-corrected chi connectivity index (χ0v) is 10.7. The molecule has 0 atom stereocenters. The van der Waals surface area contributed by atoms with Crippen molar-refractivity contribution in [2.24, 2.45) is 0 Å². The third kappa shape index (κ3) is 2.77. The molecule has 2 aromatic rings. The molecule has 0 aliphatic rings. The highest BCUT2D eigenvalue weighted by molar-refractivity contribution is 7.98. The van der Waals surface area contributed by atoms with Gasteiger partial charge in [0.2, 0.25) is 0 Å². The molecule has 2 rings (SSSR count). The minimum absolute atomic E-state index is 0.110. The van der Waals surface area contributed by atoms with E-state index in [-0.39, 0.29) is 5.78 Å². The molecule has 0 fully saturated rings. The molecule has 1 aromatic heterocycles. The molecule has 0 bridgehead atoms. The van der Waals surface area contributed by atoms with Crippen LogP contribution in [0.4, 0.5) is 0 Å². The number of benzene rings is 1. The van der Waals surface area contributed by atoms with Crippen molar-refractivity contribution in [2.45, 2.75) is 18.4 Å². The van der Waals surface area contributed by atoms with Crippen LogP contribution in [0.25, 0.3) is 0 Å². The summed E-state index contributed by atoms with van der Waals surface area (Å²) in [5, 5.41) is 0. The van der Waals surface area contributed by atoms with E-state index < -0.39 is 0 Å². The van der Waals surface area contributed by atoms with Gasteiger partial charge in [0.1, 0.15) is 5.82 Å². The molecule has 1 aromatic carbocycles. The zero-order chi connectivity index (χ0) is 12.3. The second kappa shape index (κ2) is 5.19. The Balaban J connectivity index is 2.12. The lowest BCUT2D eigenvalue weighted by molar-refractivity contribution is 0.0971. The smallest absolute Gasteiger partial charge is 0.182 e. The van der Waals surface area contributed by atoms with Crippen LogP contribution < -0.4 is 0 Å². The number of imidazole rings is 1. The summed E-state index contributed by atoms with van der Waals surface area (Å²) in [5.41, 5.74) is 0.746. The van der Waals surface area contributed by atoms with Crippen LogP contribution in [0.1, 0.15) is 16.2 Å². The van der Waals surface area contributed by atoms with Crippen molar-refractivity contribution in [3.05, 3.63) is 48.0 Å². The van der Waals surface area contributed by atoms with E-state index in [0.29, 0.717) is 6.54 Å². The normalized spacial score (nSPS) is 10.5. The lowest BCUT2D eigenvalue weighted by Crippen LogP contribution is -2.10. The van der Waals surface area contributed by atoms with Gasteiger partial charge in [-0.05, 0) is 25.3 Å². The molecule has 0 aliphatic heterocycles. The van der Waals surface area contributed by atoms with Crippen molar-refractivity contribution < 1.29 is 4.79 Å². The highest BCUT2D eigenvalue weighted by Gasteiger charge is 2.07. The third-order valence-corrected chi connectivity index (χ3v) is 3.39. The van der Waals surface area contributed by atoms with Crippen LogP contribution in [-0.4, -0.2) is 21.6 Å². The lowest BCUT2D eigenvalue weighted by Gasteiger charge is -2.05. The van der Waals surface area contributed by atoms with E-state index in [0.717, 1.165) is 11.4 Å². The van der Waals surface area contributed by atoms with Gasteiger partial charge in [0, 0.05) is 22.9 Å². The molecule has 1 heterocycles. The van der Waals surface area contributed by atoms with E-state index in [1.54, 1.807) is 18.0 Å². The fourth-order valence-corrected chi connectivity index (χ4v) is 2.00. The van der Waals surface area contributed by atoms with Gasteiger partial charge in [0.25, 0.3) is 0 Å². The molecule has 0 aliphatic carbocycles. The van der Waals surface area contributed by atoms with Gasteiger partial charge in [-0.1, -0.05) is 12.1 Å². The van der Waals surface area contributed by atoms with Gasteiger partial charge in [-0.2, -0.15) is 0 Å². The van der Waals surface area contributed by atoms with Crippen LogP contribution in [0.5, 0.6) is 0 Å². The summed E-state index contributed by atoms with van der Waals surface area (Å²) in [4.78, 5) is 17.3. The Bertz CT molecular complexity index is 516.